The van der Waals surface area contributed by atoms with Crippen LogP contribution in [0.4, 0.5) is 4.39 Å². The fourth-order valence-corrected chi connectivity index (χ4v) is 4.48. The Morgan fingerprint density at radius 2 is 2.06 bits per heavy atom. The zero-order valence-corrected chi connectivity index (χ0v) is 18.0. The maximum atomic E-state index is 14.3. The number of fused-ring (bicyclic) bond motifs is 1. The largest absolute Gasteiger partial charge is 0.496 e. The summed E-state index contributed by atoms with van der Waals surface area (Å²) in [4.78, 5) is 0. The summed E-state index contributed by atoms with van der Waals surface area (Å²) in [5, 5.41) is 12.5. The van der Waals surface area contributed by atoms with Crippen LogP contribution in [0.3, 0.4) is 0 Å². The van der Waals surface area contributed by atoms with Crippen molar-refractivity contribution in [1.29, 1.82) is 0 Å². The van der Waals surface area contributed by atoms with Crippen LogP contribution < -0.4 is 10.1 Å². The molecule has 1 aliphatic carbocycles. The summed E-state index contributed by atoms with van der Waals surface area (Å²) in [6, 6.07) is 15.2. The van der Waals surface area contributed by atoms with Gasteiger partial charge in [0.2, 0.25) is 0 Å². The first kappa shape index (κ1) is 20.5. The van der Waals surface area contributed by atoms with Crippen LogP contribution in [0.1, 0.15) is 41.3 Å². The van der Waals surface area contributed by atoms with Crippen molar-refractivity contribution in [2.24, 2.45) is 0 Å². The first-order valence-electron chi connectivity index (χ1n) is 10.9. The molecule has 2 heterocycles. The number of halogens is 1. The highest BCUT2D eigenvalue weighted by Gasteiger charge is 2.25. The van der Waals surface area contributed by atoms with Crippen molar-refractivity contribution in [1.82, 2.24) is 24.9 Å². The van der Waals surface area contributed by atoms with Gasteiger partial charge in [0.05, 0.1) is 19.9 Å². The lowest BCUT2D eigenvalue weighted by atomic mass is 9.92. The van der Waals surface area contributed by atoms with Gasteiger partial charge < -0.3 is 10.1 Å². The van der Waals surface area contributed by atoms with Crippen molar-refractivity contribution in [2.75, 3.05) is 7.11 Å². The van der Waals surface area contributed by atoms with Crippen LogP contribution in [0.25, 0.3) is 5.69 Å². The van der Waals surface area contributed by atoms with Crippen molar-refractivity contribution in [3.63, 3.8) is 0 Å². The van der Waals surface area contributed by atoms with Crippen LogP contribution in [-0.4, -0.2) is 26.7 Å². The SMILES string of the molecule is COc1ccc(CN[C@@H]2CCCc3c2cnn3-c2ccccc2F)cc1Cn1cccn1. The predicted octanol–water partition coefficient (Wildman–Crippen LogP) is 4.43. The molecule has 1 N–H and O–H groups in total. The zero-order valence-electron chi connectivity index (χ0n) is 18.0. The van der Waals surface area contributed by atoms with Gasteiger partial charge in [-0.3, -0.25) is 4.68 Å². The summed E-state index contributed by atoms with van der Waals surface area (Å²) in [5.74, 6) is 0.604. The van der Waals surface area contributed by atoms with Crippen LogP contribution in [-0.2, 0) is 19.5 Å². The van der Waals surface area contributed by atoms with Gasteiger partial charge in [0.25, 0.3) is 0 Å². The summed E-state index contributed by atoms with van der Waals surface area (Å²) in [7, 11) is 1.69. The topological polar surface area (TPSA) is 56.9 Å². The number of rotatable bonds is 7. The van der Waals surface area contributed by atoms with Crippen molar-refractivity contribution < 1.29 is 9.13 Å². The van der Waals surface area contributed by atoms with E-state index in [1.807, 2.05) is 35.3 Å². The minimum Gasteiger partial charge on any atom is -0.496 e. The van der Waals surface area contributed by atoms with Crippen LogP contribution in [0.15, 0.2) is 67.1 Å². The Morgan fingerprint density at radius 3 is 2.88 bits per heavy atom. The van der Waals surface area contributed by atoms with E-state index in [0.29, 0.717) is 12.2 Å². The van der Waals surface area contributed by atoms with Gasteiger partial charge >= 0.3 is 0 Å². The van der Waals surface area contributed by atoms with Gasteiger partial charge in [-0.05, 0) is 55.2 Å². The van der Waals surface area contributed by atoms with Gasteiger partial charge in [-0.15, -0.1) is 0 Å². The number of ether oxygens (including phenoxy) is 1. The molecule has 32 heavy (non-hydrogen) atoms. The van der Waals surface area contributed by atoms with Gasteiger partial charge in [0.1, 0.15) is 17.3 Å². The molecule has 4 aromatic rings. The second-order valence-corrected chi connectivity index (χ2v) is 8.09. The molecule has 0 saturated heterocycles. The number of methoxy groups -OCH3 is 1. The van der Waals surface area contributed by atoms with E-state index in [1.54, 1.807) is 30.1 Å². The monoisotopic (exact) mass is 431 g/mol. The van der Waals surface area contributed by atoms with Crippen molar-refractivity contribution in [3.8, 4) is 11.4 Å². The Kier molecular flexibility index (Phi) is 5.73. The molecule has 7 heteroatoms. The van der Waals surface area contributed by atoms with Crippen LogP contribution in [0, 0.1) is 5.82 Å². The van der Waals surface area contributed by atoms with Crippen molar-refractivity contribution in [2.45, 2.75) is 38.4 Å². The fraction of sp³-hybridized carbons (Fsp3) is 0.280. The Labute approximate surface area is 186 Å². The van der Waals surface area contributed by atoms with E-state index in [2.05, 4.69) is 27.6 Å². The highest BCUT2D eigenvalue weighted by atomic mass is 19.1. The van der Waals surface area contributed by atoms with E-state index in [1.165, 1.54) is 11.6 Å². The lowest BCUT2D eigenvalue weighted by Gasteiger charge is -2.24. The van der Waals surface area contributed by atoms with Gasteiger partial charge in [-0.25, -0.2) is 9.07 Å². The Balaban J connectivity index is 1.34. The molecule has 2 aromatic heterocycles. The molecule has 0 spiro atoms. The fourth-order valence-electron chi connectivity index (χ4n) is 4.48. The number of nitrogens with zero attached hydrogens (tertiary/aromatic N) is 4. The Morgan fingerprint density at radius 1 is 1.16 bits per heavy atom. The molecule has 0 fully saturated rings. The van der Waals surface area contributed by atoms with Gasteiger partial charge in [-0.1, -0.05) is 18.2 Å². The Bertz CT molecular complexity index is 1200. The molecule has 6 nitrogen and oxygen atoms in total. The Hall–Kier alpha value is -3.45. The van der Waals surface area contributed by atoms with Crippen molar-refractivity contribution >= 4 is 0 Å². The standard InChI is InChI=1S/C25H26FN5O/c1-32-25-11-10-18(14-19(25)17-30-13-5-12-28-30)15-27-22-7-4-9-23-20(22)16-29-31(23)24-8-3-2-6-21(24)26/h2-3,5-6,8,10-14,16,22,27H,4,7,9,15,17H2,1H3/t22-/m1/s1. The average molecular weight is 432 g/mol. The maximum Gasteiger partial charge on any atom is 0.148 e. The van der Waals surface area contributed by atoms with E-state index in [0.717, 1.165) is 48.4 Å². The number of aromatic nitrogens is 4. The highest BCUT2D eigenvalue weighted by Crippen LogP contribution is 2.32. The summed E-state index contributed by atoms with van der Waals surface area (Å²) in [6.45, 7) is 1.39. The molecule has 0 saturated carbocycles. The zero-order chi connectivity index (χ0) is 21.9. The smallest absolute Gasteiger partial charge is 0.148 e. The number of benzene rings is 2. The van der Waals surface area contributed by atoms with Crippen LogP contribution >= 0.6 is 0 Å². The third-order valence-corrected chi connectivity index (χ3v) is 6.05. The number of nitrogens with one attached hydrogen (secondary N) is 1. The third kappa shape index (κ3) is 4.03. The summed E-state index contributed by atoms with van der Waals surface area (Å²) < 4.78 is 23.5. The number of para-hydroxylation sites is 1. The summed E-state index contributed by atoms with van der Waals surface area (Å²) >= 11 is 0. The first-order chi connectivity index (χ1) is 15.7. The number of hydrogen-bond acceptors (Lipinski definition) is 4. The first-order valence-corrected chi connectivity index (χ1v) is 10.9. The second-order valence-electron chi connectivity index (χ2n) is 8.09. The van der Waals surface area contributed by atoms with Gasteiger partial charge in [-0.2, -0.15) is 10.2 Å². The molecular formula is C25H26FN5O. The minimum absolute atomic E-state index is 0.191. The number of hydrogen-bond donors (Lipinski definition) is 1. The summed E-state index contributed by atoms with van der Waals surface area (Å²) in [5.41, 5.74) is 5.03. The quantitative estimate of drug-likeness (QED) is 0.470. The molecule has 1 atom stereocenters. The summed E-state index contributed by atoms with van der Waals surface area (Å²) in [6.07, 6.45) is 8.58. The van der Waals surface area contributed by atoms with Crippen molar-refractivity contribution in [3.05, 3.63) is 95.3 Å². The molecule has 2 aromatic carbocycles. The molecule has 164 valence electrons. The van der Waals surface area contributed by atoms with Crippen LogP contribution in [0.5, 0.6) is 5.75 Å². The lowest BCUT2D eigenvalue weighted by molar-refractivity contribution is 0.406. The molecule has 0 radical (unpaired) electrons. The second kappa shape index (κ2) is 8.96. The normalized spacial score (nSPS) is 15.5. The molecule has 0 unspecified atom stereocenters. The van der Waals surface area contributed by atoms with E-state index in [9.17, 15) is 4.39 Å². The molecular weight excluding hydrogens is 405 g/mol. The van der Waals surface area contributed by atoms with Gasteiger partial charge in [0.15, 0.2) is 0 Å². The van der Waals surface area contributed by atoms with E-state index in [-0.39, 0.29) is 11.9 Å². The maximum absolute atomic E-state index is 14.3. The molecule has 0 amide bonds. The highest BCUT2D eigenvalue weighted by molar-refractivity contribution is 5.39. The average Bonchev–Trinajstić information content (AvgIpc) is 3.48. The van der Waals surface area contributed by atoms with E-state index >= 15 is 0 Å². The lowest BCUT2D eigenvalue weighted by Crippen LogP contribution is -2.25. The predicted molar refractivity (Wildman–Crippen MR) is 120 cm³/mol. The molecule has 0 aliphatic heterocycles. The molecule has 5 rings (SSSR count). The van der Waals surface area contributed by atoms with Crippen LogP contribution in [0.2, 0.25) is 0 Å². The molecule has 0 bridgehead atoms. The van der Waals surface area contributed by atoms with Gasteiger partial charge in [0, 0.05) is 41.8 Å². The van der Waals surface area contributed by atoms with E-state index < -0.39 is 0 Å². The molecule has 1 aliphatic rings. The van der Waals surface area contributed by atoms with E-state index in [4.69, 9.17) is 4.74 Å². The minimum atomic E-state index is -0.253. The third-order valence-electron chi connectivity index (χ3n) is 6.05.